The predicted octanol–water partition coefficient (Wildman–Crippen LogP) is 4.86. The fourth-order valence-corrected chi connectivity index (χ4v) is 1.18. The molecule has 0 aromatic carbocycles. The van der Waals surface area contributed by atoms with Crippen molar-refractivity contribution in [1.29, 1.82) is 0 Å². The Morgan fingerprint density at radius 2 is 1.04 bits per heavy atom. The SMILES string of the molecule is O=NCCCOC(F)(F)C(F)(F)C(F)(F)C(F)(F)C(F)(F)C(F)(F)F. The van der Waals surface area contributed by atoms with Crippen LogP contribution in [0.25, 0.3) is 0 Å². The molecule has 0 amide bonds. The summed E-state index contributed by atoms with van der Waals surface area (Å²) in [6.07, 6.45) is -14.9. The van der Waals surface area contributed by atoms with E-state index in [0.29, 0.717) is 0 Å². The van der Waals surface area contributed by atoms with Crippen LogP contribution in [0, 0.1) is 4.91 Å². The van der Waals surface area contributed by atoms with Crippen LogP contribution in [-0.4, -0.2) is 49.1 Å². The van der Waals surface area contributed by atoms with Crippen LogP contribution in [0.2, 0.25) is 0 Å². The highest BCUT2D eigenvalue weighted by Crippen LogP contribution is 2.60. The van der Waals surface area contributed by atoms with E-state index in [2.05, 4.69) is 4.74 Å². The number of nitroso groups, excluding NO2 is 1. The molecule has 0 fully saturated rings. The molecule has 0 unspecified atom stereocenters. The average Bonchev–Trinajstić information content (AvgIpc) is 2.41. The third kappa shape index (κ3) is 3.76. The Kier molecular flexibility index (Phi) is 6.39. The molecular weight excluding hydrogens is 401 g/mol. The van der Waals surface area contributed by atoms with Gasteiger partial charge in [0.1, 0.15) is 0 Å². The molecular formula is C9H6F13NO2. The van der Waals surface area contributed by atoms with Crippen molar-refractivity contribution in [2.24, 2.45) is 5.18 Å². The maximum atomic E-state index is 13.0. The molecule has 0 atom stereocenters. The van der Waals surface area contributed by atoms with E-state index >= 15 is 0 Å². The highest BCUT2D eigenvalue weighted by Gasteiger charge is 2.91. The van der Waals surface area contributed by atoms with E-state index in [1.165, 1.54) is 0 Å². The number of alkyl halides is 13. The van der Waals surface area contributed by atoms with Gasteiger partial charge < -0.3 is 4.74 Å². The minimum absolute atomic E-state index is 0.861. The second-order valence-corrected chi connectivity index (χ2v) is 4.37. The van der Waals surface area contributed by atoms with E-state index in [-0.39, 0.29) is 0 Å². The number of ether oxygens (including phenoxy) is 1. The Bertz CT molecular complexity index is 473. The molecule has 0 spiro atoms. The quantitative estimate of drug-likeness (QED) is 0.311. The zero-order valence-electron chi connectivity index (χ0n) is 11.3. The number of nitrogens with zero attached hydrogens (tertiary/aromatic N) is 1. The zero-order chi connectivity index (χ0) is 20.5. The minimum Gasteiger partial charge on any atom is -0.315 e. The molecule has 3 nitrogen and oxygen atoms in total. The van der Waals surface area contributed by atoms with Crippen LogP contribution in [0.5, 0.6) is 0 Å². The third-order valence-corrected chi connectivity index (χ3v) is 2.58. The van der Waals surface area contributed by atoms with Crippen molar-refractivity contribution in [2.75, 3.05) is 13.2 Å². The number of halogens is 13. The van der Waals surface area contributed by atoms with Gasteiger partial charge in [0, 0.05) is 0 Å². The lowest BCUT2D eigenvalue weighted by Crippen LogP contribution is -2.70. The Morgan fingerprint density at radius 1 is 0.640 bits per heavy atom. The molecule has 150 valence electrons. The zero-order valence-corrected chi connectivity index (χ0v) is 11.3. The molecule has 0 aromatic rings. The molecule has 25 heavy (non-hydrogen) atoms. The maximum absolute atomic E-state index is 13.0. The molecule has 0 heterocycles. The molecule has 0 saturated heterocycles. The van der Waals surface area contributed by atoms with Crippen molar-refractivity contribution in [2.45, 2.75) is 42.4 Å². The van der Waals surface area contributed by atoms with Gasteiger partial charge in [-0.1, -0.05) is 5.18 Å². The Morgan fingerprint density at radius 3 is 1.40 bits per heavy atom. The first-order valence-electron chi connectivity index (χ1n) is 5.70. The largest absolute Gasteiger partial charge is 0.460 e. The number of hydrogen-bond acceptors (Lipinski definition) is 3. The van der Waals surface area contributed by atoms with Gasteiger partial charge in [-0.25, -0.2) is 0 Å². The summed E-state index contributed by atoms with van der Waals surface area (Å²) in [5.74, 6) is -31.1. The first-order chi connectivity index (χ1) is 10.8. The van der Waals surface area contributed by atoms with Crippen LogP contribution in [0.3, 0.4) is 0 Å². The van der Waals surface area contributed by atoms with E-state index in [1.807, 2.05) is 5.18 Å². The molecule has 0 saturated carbocycles. The maximum Gasteiger partial charge on any atom is 0.460 e. The summed E-state index contributed by atoms with van der Waals surface area (Å²) in [6.45, 7) is -2.51. The fourth-order valence-electron chi connectivity index (χ4n) is 1.18. The van der Waals surface area contributed by atoms with Crippen LogP contribution in [0.15, 0.2) is 5.18 Å². The van der Waals surface area contributed by atoms with Crippen molar-refractivity contribution >= 4 is 0 Å². The summed E-state index contributed by atoms with van der Waals surface area (Å²) >= 11 is 0. The molecule has 0 bridgehead atoms. The average molecular weight is 407 g/mol. The molecule has 0 N–H and O–H groups in total. The predicted molar refractivity (Wildman–Crippen MR) is 52.0 cm³/mol. The lowest BCUT2D eigenvalue weighted by Gasteiger charge is -2.39. The molecule has 0 aliphatic carbocycles. The number of hydrogen-bond donors (Lipinski definition) is 0. The van der Waals surface area contributed by atoms with E-state index < -0.39 is 55.5 Å². The molecule has 0 radical (unpaired) electrons. The van der Waals surface area contributed by atoms with E-state index in [1.54, 1.807) is 0 Å². The second kappa shape index (κ2) is 6.75. The van der Waals surface area contributed by atoms with Crippen molar-refractivity contribution in [3.8, 4) is 0 Å². The Hall–Kier alpha value is -1.35. The van der Waals surface area contributed by atoms with Crippen molar-refractivity contribution in [3.63, 3.8) is 0 Å². The van der Waals surface area contributed by atoms with Gasteiger partial charge in [-0.05, 0) is 6.42 Å². The van der Waals surface area contributed by atoms with Gasteiger partial charge in [0.05, 0.1) is 13.2 Å². The topological polar surface area (TPSA) is 38.7 Å². The normalized spacial score (nSPS) is 15.4. The summed E-state index contributed by atoms with van der Waals surface area (Å²) < 4.78 is 166. The van der Waals surface area contributed by atoms with Gasteiger partial charge in [-0.3, -0.25) is 0 Å². The smallest absolute Gasteiger partial charge is 0.315 e. The molecule has 0 aliphatic heterocycles. The number of rotatable bonds is 9. The van der Waals surface area contributed by atoms with Gasteiger partial charge >= 0.3 is 36.0 Å². The lowest BCUT2D eigenvalue weighted by molar-refractivity contribution is -0.465. The Balaban J connectivity index is 5.82. The molecule has 0 aromatic heterocycles. The van der Waals surface area contributed by atoms with Crippen LogP contribution in [0.1, 0.15) is 6.42 Å². The molecule has 0 aliphatic rings. The monoisotopic (exact) mass is 407 g/mol. The summed E-state index contributed by atoms with van der Waals surface area (Å²) in [6, 6.07) is 0. The third-order valence-electron chi connectivity index (χ3n) is 2.58. The minimum atomic E-state index is -7.96. The van der Waals surface area contributed by atoms with Crippen molar-refractivity contribution in [1.82, 2.24) is 0 Å². The second-order valence-electron chi connectivity index (χ2n) is 4.37. The van der Waals surface area contributed by atoms with Crippen LogP contribution < -0.4 is 0 Å². The van der Waals surface area contributed by atoms with Gasteiger partial charge in [0.25, 0.3) is 0 Å². The standard InChI is InChI=1S/C9H6F13NO2/c10-4(11,6(14,15)8(18,19)20)5(12,13)7(16,17)9(21,22)25-3-1-2-23-24/h1-3H2. The molecule has 16 heteroatoms. The molecule has 0 rings (SSSR count). The summed E-state index contributed by atoms with van der Waals surface area (Å²) in [5.41, 5.74) is 0. The van der Waals surface area contributed by atoms with Gasteiger partial charge in [-0.15, -0.1) is 0 Å². The first-order valence-corrected chi connectivity index (χ1v) is 5.70. The van der Waals surface area contributed by atoms with Crippen molar-refractivity contribution < 1.29 is 61.8 Å². The van der Waals surface area contributed by atoms with Gasteiger partial charge in [0.15, 0.2) is 0 Å². The van der Waals surface area contributed by atoms with Crippen LogP contribution in [-0.2, 0) is 4.74 Å². The summed E-state index contributed by atoms with van der Waals surface area (Å²) in [5, 5.41) is 2.01. The Labute approximate surface area is 129 Å². The first kappa shape index (κ1) is 23.6. The van der Waals surface area contributed by atoms with Crippen molar-refractivity contribution in [3.05, 3.63) is 4.91 Å². The highest BCUT2D eigenvalue weighted by atomic mass is 19.4. The van der Waals surface area contributed by atoms with Gasteiger partial charge in [0.2, 0.25) is 0 Å². The summed E-state index contributed by atoms with van der Waals surface area (Å²) in [7, 11) is 0. The van der Waals surface area contributed by atoms with E-state index in [0.717, 1.165) is 0 Å². The highest BCUT2D eigenvalue weighted by molar-refractivity contribution is 5.08. The van der Waals surface area contributed by atoms with Crippen LogP contribution >= 0.6 is 0 Å². The fraction of sp³-hybridized carbons (Fsp3) is 1.00. The van der Waals surface area contributed by atoms with Gasteiger partial charge in [-0.2, -0.15) is 62.0 Å². The lowest BCUT2D eigenvalue weighted by atomic mass is 9.97. The summed E-state index contributed by atoms with van der Waals surface area (Å²) in [4.78, 5) is 9.57. The van der Waals surface area contributed by atoms with E-state index in [4.69, 9.17) is 0 Å². The van der Waals surface area contributed by atoms with Crippen LogP contribution in [0.4, 0.5) is 57.1 Å². The van der Waals surface area contributed by atoms with E-state index in [9.17, 15) is 62.0 Å².